The van der Waals surface area contributed by atoms with Crippen LogP contribution in [0.25, 0.3) is 0 Å². The normalized spacial score (nSPS) is 18.7. The Balaban J connectivity index is 2.40. The van der Waals surface area contributed by atoms with E-state index in [-0.39, 0.29) is 0 Å². The topological polar surface area (TPSA) is 29.4 Å². The van der Waals surface area contributed by atoms with Gasteiger partial charge >= 0.3 is 0 Å². The number of alkyl halides is 1. The van der Waals surface area contributed by atoms with E-state index in [2.05, 4.69) is 4.99 Å². The Kier molecular flexibility index (Phi) is 2.83. The average Bonchev–Trinajstić information content (AvgIpc) is 2.99. The molecule has 0 aromatic heterocycles. The molecule has 0 bridgehead atoms. The Morgan fingerprint density at radius 1 is 1.56 bits per heavy atom. The summed E-state index contributed by atoms with van der Waals surface area (Å²) in [4.78, 5) is 14.1. The summed E-state index contributed by atoms with van der Waals surface area (Å²) < 4.78 is 13.1. The molecule has 0 N–H and O–H groups in total. The molecule has 0 aliphatic heterocycles. The van der Waals surface area contributed by atoms with Crippen LogP contribution in [0.5, 0.6) is 0 Å². The van der Waals surface area contributed by atoms with Crippen molar-refractivity contribution in [2.24, 2.45) is 4.99 Å². The highest BCUT2D eigenvalue weighted by atomic mass is 35.5. The van der Waals surface area contributed by atoms with E-state index in [0.717, 1.165) is 18.4 Å². The van der Waals surface area contributed by atoms with Gasteiger partial charge in [0.1, 0.15) is 6.17 Å². The smallest absolute Gasteiger partial charge is 0.235 e. The molecule has 0 heterocycles. The third-order valence-corrected chi connectivity index (χ3v) is 3.25. The van der Waals surface area contributed by atoms with E-state index >= 15 is 0 Å². The summed E-state index contributed by atoms with van der Waals surface area (Å²) in [7, 11) is 0. The lowest BCUT2D eigenvalue weighted by atomic mass is 10.0. The summed E-state index contributed by atoms with van der Waals surface area (Å²) in [6.07, 6.45) is 2.13. The Labute approximate surface area is 98.1 Å². The van der Waals surface area contributed by atoms with Crippen molar-refractivity contribution in [2.45, 2.75) is 31.5 Å². The molecule has 0 saturated heterocycles. The SMILES string of the molecule is CC(F)c1ccc(C2(N=C=O)CC2)c(Cl)c1. The lowest BCUT2D eigenvalue weighted by Crippen LogP contribution is -2.03. The number of hydrogen-bond donors (Lipinski definition) is 0. The molecular weight excluding hydrogens is 229 g/mol. The molecule has 1 fully saturated rings. The van der Waals surface area contributed by atoms with Crippen molar-refractivity contribution in [1.29, 1.82) is 0 Å². The van der Waals surface area contributed by atoms with E-state index in [0.29, 0.717) is 10.6 Å². The Hall–Kier alpha value is -1.18. The number of carbonyl (C=O) groups excluding carboxylic acids is 1. The van der Waals surface area contributed by atoms with Crippen molar-refractivity contribution in [2.75, 3.05) is 0 Å². The number of benzene rings is 1. The van der Waals surface area contributed by atoms with Crippen molar-refractivity contribution in [3.8, 4) is 0 Å². The number of hydrogen-bond acceptors (Lipinski definition) is 2. The van der Waals surface area contributed by atoms with Crippen molar-refractivity contribution in [3.63, 3.8) is 0 Å². The summed E-state index contributed by atoms with van der Waals surface area (Å²) in [5, 5.41) is 0.471. The molecule has 1 aliphatic rings. The van der Waals surface area contributed by atoms with Crippen LogP contribution in [-0.4, -0.2) is 6.08 Å². The first-order valence-corrected chi connectivity index (χ1v) is 5.50. The van der Waals surface area contributed by atoms with Gasteiger partial charge in [-0.1, -0.05) is 23.7 Å². The first-order chi connectivity index (χ1) is 7.59. The third kappa shape index (κ3) is 1.89. The minimum absolute atomic E-state index is 0.471. The molecule has 16 heavy (non-hydrogen) atoms. The monoisotopic (exact) mass is 239 g/mol. The van der Waals surface area contributed by atoms with E-state index in [4.69, 9.17) is 11.6 Å². The molecular formula is C12H11ClFNO. The van der Waals surface area contributed by atoms with E-state index in [1.807, 2.05) is 0 Å². The highest BCUT2D eigenvalue weighted by Gasteiger charge is 2.46. The molecule has 1 aliphatic carbocycles. The highest BCUT2D eigenvalue weighted by molar-refractivity contribution is 6.31. The fraction of sp³-hybridized carbons (Fsp3) is 0.417. The number of isocyanates is 1. The van der Waals surface area contributed by atoms with Gasteiger partial charge in [0.2, 0.25) is 6.08 Å². The van der Waals surface area contributed by atoms with Crippen molar-refractivity contribution < 1.29 is 9.18 Å². The number of aliphatic imine (C=N–C) groups is 1. The first-order valence-electron chi connectivity index (χ1n) is 5.12. The van der Waals surface area contributed by atoms with Crippen molar-refractivity contribution in [3.05, 3.63) is 34.3 Å². The largest absolute Gasteiger partial charge is 0.243 e. The minimum atomic E-state index is -1.05. The lowest BCUT2D eigenvalue weighted by molar-refractivity contribution is 0.374. The highest BCUT2D eigenvalue weighted by Crippen LogP contribution is 2.51. The summed E-state index contributed by atoms with van der Waals surface area (Å²) in [5.74, 6) is 0. The second-order valence-corrected chi connectivity index (χ2v) is 4.50. The average molecular weight is 240 g/mol. The summed E-state index contributed by atoms with van der Waals surface area (Å²) in [6, 6.07) is 5.04. The molecule has 1 saturated carbocycles. The molecule has 0 radical (unpaired) electrons. The van der Waals surface area contributed by atoms with Crippen molar-refractivity contribution >= 4 is 17.7 Å². The van der Waals surface area contributed by atoms with Crippen LogP contribution in [-0.2, 0) is 10.3 Å². The molecule has 1 aromatic rings. The fourth-order valence-corrected chi connectivity index (χ4v) is 2.17. The van der Waals surface area contributed by atoms with E-state index in [1.165, 1.54) is 6.92 Å². The van der Waals surface area contributed by atoms with Crippen LogP contribution in [0.3, 0.4) is 0 Å². The maximum absolute atomic E-state index is 13.1. The number of nitrogens with zero attached hydrogens (tertiary/aromatic N) is 1. The fourth-order valence-electron chi connectivity index (χ4n) is 1.80. The van der Waals surface area contributed by atoms with Crippen LogP contribution in [0.2, 0.25) is 5.02 Å². The van der Waals surface area contributed by atoms with E-state index < -0.39 is 11.7 Å². The molecule has 1 unspecified atom stereocenters. The molecule has 4 heteroatoms. The van der Waals surface area contributed by atoms with Crippen LogP contribution < -0.4 is 0 Å². The second-order valence-electron chi connectivity index (χ2n) is 4.09. The van der Waals surface area contributed by atoms with Gasteiger partial charge in [-0.05, 0) is 37.0 Å². The maximum atomic E-state index is 13.1. The predicted octanol–water partition coefficient (Wildman–Crippen LogP) is 3.70. The molecule has 2 nitrogen and oxygen atoms in total. The zero-order valence-electron chi connectivity index (χ0n) is 8.84. The molecule has 84 valence electrons. The first kappa shape index (κ1) is 11.3. The quantitative estimate of drug-likeness (QED) is 0.584. The predicted molar refractivity (Wildman–Crippen MR) is 60.0 cm³/mol. The second kappa shape index (κ2) is 4.00. The maximum Gasteiger partial charge on any atom is 0.235 e. The summed E-state index contributed by atoms with van der Waals surface area (Å²) in [6.45, 7) is 1.46. The van der Waals surface area contributed by atoms with Crippen LogP contribution >= 0.6 is 11.6 Å². The Morgan fingerprint density at radius 3 is 2.69 bits per heavy atom. The van der Waals surface area contributed by atoms with Crippen molar-refractivity contribution in [1.82, 2.24) is 0 Å². The number of rotatable bonds is 3. The Morgan fingerprint density at radius 2 is 2.25 bits per heavy atom. The van der Waals surface area contributed by atoms with Crippen LogP contribution in [0.15, 0.2) is 23.2 Å². The molecule has 1 aromatic carbocycles. The van der Waals surface area contributed by atoms with Crippen LogP contribution in [0, 0.1) is 0 Å². The zero-order valence-corrected chi connectivity index (χ0v) is 9.59. The van der Waals surface area contributed by atoms with Gasteiger partial charge in [-0.15, -0.1) is 0 Å². The molecule has 2 rings (SSSR count). The molecule has 1 atom stereocenters. The van der Waals surface area contributed by atoms with Gasteiger partial charge in [-0.2, -0.15) is 4.99 Å². The van der Waals surface area contributed by atoms with Crippen LogP contribution in [0.4, 0.5) is 4.39 Å². The third-order valence-electron chi connectivity index (χ3n) is 2.94. The van der Waals surface area contributed by atoms with Gasteiger partial charge < -0.3 is 0 Å². The van der Waals surface area contributed by atoms with Gasteiger partial charge in [0.15, 0.2) is 0 Å². The summed E-state index contributed by atoms with van der Waals surface area (Å²) >= 11 is 6.08. The molecule has 0 spiro atoms. The van der Waals surface area contributed by atoms with Gasteiger partial charge in [-0.3, -0.25) is 0 Å². The van der Waals surface area contributed by atoms with Gasteiger partial charge in [0.05, 0.1) is 5.54 Å². The van der Waals surface area contributed by atoms with E-state index in [9.17, 15) is 9.18 Å². The minimum Gasteiger partial charge on any atom is -0.243 e. The number of halogens is 2. The van der Waals surface area contributed by atoms with Gasteiger partial charge in [-0.25, -0.2) is 9.18 Å². The van der Waals surface area contributed by atoms with E-state index in [1.54, 1.807) is 24.3 Å². The standard InChI is InChI=1S/C12H11ClFNO/c1-8(14)9-2-3-10(11(13)6-9)12(4-5-12)15-7-16/h2-3,6,8H,4-5H2,1H3. The van der Waals surface area contributed by atoms with Gasteiger partial charge in [0, 0.05) is 5.02 Å². The lowest BCUT2D eigenvalue weighted by Gasteiger charge is -2.12. The van der Waals surface area contributed by atoms with Gasteiger partial charge in [0.25, 0.3) is 0 Å². The molecule has 0 amide bonds. The van der Waals surface area contributed by atoms with Crippen LogP contribution in [0.1, 0.15) is 37.1 Å². The Bertz CT molecular complexity index is 462. The summed E-state index contributed by atoms with van der Waals surface area (Å²) in [5.41, 5.74) is 0.846. The zero-order chi connectivity index (χ0) is 11.8.